The van der Waals surface area contributed by atoms with Gasteiger partial charge in [-0.25, -0.2) is 0 Å². The summed E-state index contributed by atoms with van der Waals surface area (Å²) in [4.78, 5) is 5.03. The number of hydrogen-bond acceptors (Lipinski definition) is 4. The summed E-state index contributed by atoms with van der Waals surface area (Å²) in [6.07, 6.45) is 3.65. The van der Waals surface area contributed by atoms with Gasteiger partial charge in [0.25, 0.3) is 0 Å². The maximum absolute atomic E-state index is 10.7. The Hall–Kier alpha value is -1.44. The van der Waals surface area contributed by atoms with E-state index in [-0.39, 0.29) is 5.88 Å². The van der Waals surface area contributed by atoms with Crippen LogP contribution in [-0.4, -0.2) is 15.9 Å². The monoisotopic (exact) mass is 482 g/mol. The molecule has 1 aliphatic heterocycles. The molecule has 3 nitrogen and oxygen atoms in total. The number of aromatic hydroxyl groups is 1. The summed E-state index contributed by atoms with van der Waals surface area (Å²) in [7, 11) is 0. The number of aliphatic imine (C=N–C) groups is 1. The second-order valence-electron chi connectivity index (χ2n) is 5.51. The Labute approximate surface area is 177 Å². The van der Waals surface area contributed by atoms with Crippen LogP contribution < -0.4 is 0 Å². The molecule has 0 bridgehead atoms. The molecule has 1 aromatic heterocycles. The maximum atomic E-state index is 10.7. The van der Waals surface area contributed by atoms with Crippen molar-refractivity contribution < 1.29 is 5.11 Å². The van der Waals surface area contributed by atoms with Gasteiger partial charge in [0.2, 0.25) is 5.88 Å². The Balaban J connectivity index is 1.83. The minimum absolute atomic E-state index is 0.0357. The first-order valence-electron chi connectivity index (χ1n) is 7.40. The highest BCUT2D eigenvalue weighted by Crippen LogP contribution is 2.39. The van der Waals surface area contributed by atoms with Crippen molar-refractivity contribution in [3.63, 3.8) is 0 Å². The van der Waals surface area contributed by atoms with Crippen molar-refractivity contribution in [1.82, 2.24) is 4.57 Å². The normalized spacial score (nSPS) is 14.2. The van der Waals surface area contributed by atoms with E-state index < -0.39 is 0 Å². The number of nitrogens with zero attached hydrogens (tertiary/aromatic N) is 2. The molecule has 0 unspecified atom stereocenters. The van der Waals surface area contributed by atoms with Gasteiger partial charge in [-0.1, -0.05) is 39.1 Å². The fourth-order valence-corrected chi connectivity index (χ4v) is 4.81. The molecule has 1 N–H and O–H groups in total. The van der Waals surface area contributed by atoms with Crippen molar-refractivity contribution in [2.45, 2.75) is 0 Å². The van der Waals surface area contributed by atoms with Gasteiger partial charge in [-0.3, -0.25) is 9.56 Å². The summed E-state index contributed by atoms with van der Waals surface area (Å²) in [5.74, 6) is 0.0357. The van der Waals surface area contributed by atoms with Crippen molar-refractivity contribution in [3.8, 4) is 11.6 Å². The minimum Gasteiger partial charge on any atom is -0.493 e. The fraction of sp³-hybridized carbons (Fsp3) is 0. The smallest absolute Gasteiger partial charge is 0.215 e. The first-order valence-corrected chi connectivity index (χ1v) is 10.2. The Morgan fingerprint density at radius 1 is 1.19 bits per heavy atom. The molecule has 0 atom stereocenters. The van der Waals surface area contributed by atoms with E-state index in [1.54, 1.807) is 29.0 Å². The summed E-state index contributed by atoms with van der Waals surface area (Å²) in [5, 5.41) is 11.7. The third-order valence-corrected chi connectivity index (χ3v) is 6.20. The van der Waals surface area contributed by atoms with Crippen molar-refractivity contribution in [2.75, 3.05) is 0 Å². The number of thiazole rings is 1. The minimum atomic E-state index is 0.0357. The first kappa shape index (κ1) is 17.9. The number of benzene rings is 2. The molecule has 4 rings (SSSR count). The Morgan fingerprint density at radius 2 is 2.00 bits per heavy atom. The van der Waals surface area contributed by atoms with Crippen LogP contribution in [0.4, 0.5) is 5.69 Å². The topological polar surface area (TPSA) is 37.5 Å². The summed E-state index contributed by atoms with van der Waals surface area (Å²) in [5.41, 5.74) is 3.38. The van der Waals surface area contributed by atoms with Crippen LogP contribution in [0.5, 0.6) is 5.88 Å². The molecule has 0 spiro atoms. The number of hydrogen-bond donors (Lipinski definition) is 1. The third kappa shape index (κ3) is 3.17. The molecular formula is C18H9BrCl2N2OS2. The Bertz CT molecular complexity index is 1160. The molecule has 0 saturated carbocycles. The highest BCUT2D eigenvalue weighted by molar-refractivity contribution is 9.10. The lowest BCUT2D eigenvalue weighted by molar-refractivity contribution is 0.441. The van der Waals surface area contributed by atoms with Crippen molar-refractivity contribution in [2.24, 2.45) is 4.99 Å². The average Bonchev–Trinajstić information content (AvgIpc) is 3.10. The summed E-state index contributed by atoms with van der Waals surface area (Å²) in [6.45, 7) is 0. The second kappa shape index (κ2) is 6.94. The van der Waals surface area contributed by atoms with E-state index in [1.807, 2.05) is 24.3 Å². The first-order chi connectivity index (χ1) is 12.4. The van der Waals surface area contributed by atoms with Crippen LogP contribution in [0.3, 0.4) is 0 Å². The van der Waals surface area contributed by atoms with Gasteiger partial charge in [-0.2, -0.15) is 0 Å². The van der Waals surface area contributed by atoms with Gasteiger partial charge < -0.3 is 5.11 Å². The zero-order valence-corrected chi connectivity index (χ0v) is 17.6. The molecule has 130 valence electrons. The van der Waals surface area contributed by atoms with Crippen LogP contribution in [0.25, 0.3) is 17.3 Å². The van der Waals surface area contributed by atoms with Crippen LogP contribution >= 0.6 is 62.7 Å². The lowest BCUT2D eigenvalue weighted by Crippen LogP contribution is -1.94. The van der Waals surface area contributed by atoms with Crippen LogP contribution in [0, 0.1) is 3.95 Å². The van der Waals surface area contributed by atoms with Gasteiger partial charge in [-0.15, -0.1) is 11.3 Å². The molecule has 0 radical (unpaired) electrons. The number of allylic oxidation sites excluding steroid dienone is 1. The van der Waals surface area contributed by atoms with Crippen molar-refractivity contribution in [3.05, 3.63) is 65.3 Å². The molecule has 3 aromatic rings. The van der Waals surface area contributed by atoms with E-state index in [0.29, 0.717) is 24.6 Å². The second-order valence-corrected chi connectivity index (χ2v) is 8.94. The van der Waals surface area contributed by atoms with Crippen molar-refractivity contribution in [1.29, 1.82) is 0 Å². The number of fused-ring (bicyclic) bond motifs is 1. The highest BCUT2D eigenvalue weighted by atomic mass is 79.9. The summed E-state index contributed by atoms with van der Waals surface area (Å²) < 4.78 is 3.00. The predicted molar refractivity (Wildman–Crippen MR) is 116 cm³/mol. The summed E-state index contributed by atoms with van der Waals surface area (Å²) >= 11 is 22.4. The average molecular weight is 484 g/mol. The van der Waals surface area contributed by atoms with E-state index >= 15 is 0 Å². The Morgan fingerprint density at radius 3 is 2.77 bits per heavy atom. The van der Waals surface area contributed by atoms with Gasteiger partial charge >= 0.3 is 0 Å². The van der Waals surface area contributed by atoms with Gasteiger partial charge in [0.15, 0.2) is 3.95 Å². The zero-order valence-electron chi connectivity index (χ0n) is 12.9. The van der Waals surface area contributed by atoms with E-state index in [4.69, 9.17) is 35.4 Å². The number of rotatable bonds is 2. The maximum Gasteiger partial charge on any atom is 0.215 e. The van der Waals surface area contributed by atoms with E-state index in [2.05, 4.69) is 20.9 Å². The van der Waals surface area contributed by atoms with Crippen LogP contribution in [0.15, 0.2) is 45.9 Å². The van der Waals surface area contributed by atoms with Crippen LogP contribution in [0.1, 0.15) is 10.4 Å². The largest absolute Gasteiger partial charge is 0.493 e. The molecule has 0 amide bonds. The van der Waals surface area contributed by atoms with E-state index in [0.717, 1.165) is 21.3 Å². The Kier molecular flexibility index (Phi) is 4.79. The molecule has 8 heteroatoms. The lowest BCUT2D eigenvalue weighted by Gasteiger charge is -2.07. The SMILES string of the molecule is Oc1c(C=C2C=Nc3ccc(Br)cc32)sc(=S)n1-c1ccc(Cl)cc1Cl. The molecular weight excluding hydrogens is 475 g/mol. The van der Waals surface area contributed by atoms with Gasteiger partial charge in [0.1, 0.15) is 0 Å². The van der Waals surface area contributed by atoms with Gasteiger partial charge in [-0.05, 0) is 54.7 Å². The van der Waals surface area contributed by atoms with Crippen LogP contribution in [-0.2, 0) is 0 Å². The highest BCUT2D eigenvalue weighted by Gasteiger charge is 2.18. The van der Waals surface area contributed by atoms with Crippen LogP contribution in [0.2, 0.25) is 10.0 Å². The lowest BCUT2D eigenvalue weighted by atomic mass is 10.1. The third-order valence-electron chi connectivity index (χ3n) is 3.86. The van der Waals surface area contributed by atoms with Gasteiger partial charge in [0.05, 0.1) is 21.3 Å². The molecule has 0 aliphatic carbocycles. The molecule has 0 saturated heterocycles. The van der Waals surface area contributed by atoms with E-state index in [1.165, 1.54) is 11.3 Å². The predicted octanol–water partition coefficient (Wildman–Crippen LogP) is 7.30. The van der Waals surface area contributed by atoms with Crippen molar-refractivity contribution >= 4 is 86.2 Å². The standard InChI is InChI=1S/C18H9BrCl2N2OS2/c19-10-1-3-14-12(6-10)9(8-22-14)5-16-17(24)23(18(25)26-16)15-4-2-11(20)7-13(15)21/h1-8,24H. The summed E-state index contributed by atoms with van der Waals surface area (Å²) in [6, 6.07) is 10.9. The molecule has 26 heavy (non-hydrogen) atoms. The number of aromatic nitrogens is 1. The zero-order chi connectivity index (χ0) is 18.4. The molecule has 2 aromatic carbocycles. The molecule has 0 fully saturated rings. The fourth-order valence-electron chi connectivity index (χ4n) is 2.67. The molecule has 2 heterocycles. The molecule has 1 aliphatic rings. The number of halogens is 3. The van der Waals surface area contributed by atoms with E-state index in [9.17, 15) is 5.11 Å². The van der Waals surface area contributed by atoms with Gasteiger partial charge in [0, 0.05) is 26.8 Å². The quantitative estimate of drug-likeness (QED) is 0.388.